The van der Waals surface area contributed by atoms with Gasteiger partial charge in [0.05, 0.1) is 5.03 Å². The molecule has 0 saturated heterocycles. The summed E-state index contributed by atoms with van der Waals surface area (Å²) < 4.78 is 0. The maximum atomic E-state index is 9.72. The van der Waals surface area contributed by atoms with Gasteiger partial charge in [-0.05, 0) is 5.11 Å². The Morgan fingerprint density at radius 1 is 1.88 bits per heavy atom. The molecule has 1 heterocycles. The van der Waals surface area contributed by atoms with Crippen molar-refractivity contribution in [3.05, 3.63) is 10.1 Å². The van der Waals surface area contributed by atoms with Gasteiger partial charge in [-0.25, -0.2) is 0 Å². The van der Waals surface area contributed by atoms with E-state index in [4.69, 9.17) is 0 Å². The second-order valence-corrected chi connectivity index (χ2v) is 1.07. The highest BCUT2D eigenvalue weighted by molar-refractivity contribution is 4.32. The average molecular weight is 117 g/mol. The molecule has 0 atom stereocenters. The predicted octanol–water partition coefficient (Wildman–Crippen LogP) is -0.677. The highest BCUT2D eigenvalue weighted by Crippen LogP contribution is 1.91. The minimum atomic E-state index is -0.698. The SMILES string of the molecule is O=[N+]([O-])N1N=NCN1. The Kier molecular flexibility index (Phi) is 1.04. The molecule has 0 saturated carbocycles. The molecule has 1 aliphatic heterocycles. The second-order valence-electron chi connectivity index (χ2n) is 1.07. The van der Waals surface area contributed by atoms with E-state index in [1.165, 1.54) is 0 Å². The molecule has 0 fully saturated rings. The van der Waals surface area contributed by atoms with E-state index < -0.39 is 5.03 Å². The van der Waals surface area contributed by atoms with Crippen molar-refractivity contribution in [2.24, 2.45) is 10.3 Å². The molecule has 0 amide bonds. The molecule has 0 unspecified atom stereocenters. The van der Waals surface area contributed by atoms with Crippen LogP contribution in [0.3, 0.4) is 0 Å². The van der Waals surface area contributed by atoms with Crippen molar-refractivity contribution in [2.75, 3.05) is 6.67 Å². The summed E-state index contributed by atoms with van der Waals surface area (Å²) in [6.07, 6.45) is 0. The van der Waals surface area contributed by atoms with E-state index in [2.05, 4.69) is 15.8 Å². The van der Waals surface area contributed by atoms with Crippen molar-refractivity contribution in [1.82, 2.24) is 10.7 Å². The predicted molar refractivity (Wildman–Crippen MR) is 21.7 cm³/mol. The van der Waals surface area contributed by atoms with E-state index in [1.54, 1.807) is 0 Å². The van der Waals surface area contributed by atoms with Crippen LogP contribution in [0.25, 0.3) is 0 Å². The van der Waals surface area contributed by atoms with Gasteiger partial charge in [-0.2, -0.15) is 0 Å². The number of nitrogens with one attached hydrogen (secondary N) is 1. The summed E-state index contributed by atoms with van der Waals surface area (Å²) >= 11 is 0. The average Bonchev–Trinajstić information content (AvgIpc) is 2.12. The van der Waals surface area contributed by atoms with Gasteiger partial charge < -0.3 is 10.1 Å². The zero-order valence-electron chi connectivity index (χ0n) is 3.81. The van der Waals surface area contributed by atoms with Crippen LogP contribution in [0.2, 0.25) is 0 Å². The first kappa shape index (κ1) is 4.91. The fourth-order valence-electron chi connectivity index (χ4n) is 0.308. The van der Waals surface area contributed by atoms with Crippen LogP contribution in [-0.4, -0.2) is 16.9 Å². The molecule has 1 N–H and O–H groups in total. The Bertz CT molecular complexity index is 130. The van der Waals surface area contributed by atoms with Gasteiger partial charge in [0.25, 0.3) is 0 Å². The minimum Gasteiger partial charge on any atom is -0.338 e. The Hall–Kier alpha value is -1.24. The molecule has 7 nitrogen and oxygen atoms in total. The van der Waals surface area contributed by atoms with Crippen LogP contribution < -0.4 is 5.43 Å². The summed E-state index contributed by atoms with van der Waals surface area (Å²) in [5, 5.41) is 15.8. The fraction of sp³-hybridized carbons (Fsp3) is 1.00. The third-order valence-electron chi connectivity index (χ3n) is 0.585. The van der Waals surface area contributed by atoms with E-state index in [0.717, 1.165) is 0 Å². The van der Waals surface area contributed by atoms with Gasteiger partial charge in [-0.3, -0.25) is 0 Å². The third kappa shape index (κ3) is 0.706. The standard InChI is InChI=1S/CH3N5O2/c7-6(8)5-3-1-2-4-5/h3H,1H2. The first-order valence-electron chi connectivity index (χ1n) is 1.86. The lowest BCUT2D eigenvalue weighted by Gasteiger charge is -1.97. The number of hydrogen-bond donors (Lipinski definition) is 1. The highest BCUT2D eigenvalue weighted by atomic mass is 16.7. The van der Waals surface area contributed by atoms with E-state index >= 15 is 0 Å². The van der Waals surface area contributed by atoms with Crippen LogP contribution in [0, 0.1) is 10.1 Å². The quantitative estimate of drug-likeness (QED) is 0.364. The molecular formula is CH3N5O2. The van der Waals surface area contributed by atoms with Crippen molar-refractivity contribution in [3.63, 3.8) is 0 Å². The molecule has 0 aliphatic carbocycles. The number of hydrogen-bond acceptors (Lipinski definition) is 5. The first-order chi connectivity index (χ1) is 3.80. The Balaban J connectivity index is 2.48. The first-order valence-corrected chi connectivity index (χ1v) is 1.86. The minimum absolute atomic E-state index is 0.182. The summed E-state index contributed by atoms with van der Waals surface area (Å²) in [4.78, 5) is 9.72. The molecule has 8 heavy (non-hydrogen) atoms. The molecular weight excluding hydrogens is 114 g/mol. The Labute approximate surface area is 44.1 Å². The van der Waals surface area contributed by atoms with Crippen molar-refractivity contribution in [2.45, 2.75) is 0 Å². The molecule has 1 aliphatic rings. The van der Waals surface area contributed by atoms with Crippen molar-refractivity contribution in [3.8, 4) is 0 Å². The van der Waals surface area contributed by atoms with Crippen LogP contribution >= 0.6 is 0 Å². The van der Waals surface area contributed by atoms with Gasteiger partial charge in [0, 0.05) is 0 Å². The van der Waals surface area contributed by atoms with Gasteiger partial charge in [-0.1, -0.05) is 0 Å². The molecule has 0 radical (unpaired) electrons. The van der Waals surface area contributed by atoms with Crippen LogP contribution in [0.15, 0.2) is 10.3 Å². The molecule has 44 valence electrons. The summed E-state index contributed by atoms with van der Waals surface area (Å²) in [5.74, 6) is 0. The van der Waals surface area contributed by atoms with E-state index in [1.807, 2.05) is 0 Å². The number of nitro groups is 1. The summed E-state index contributed by atoms with van der Waals surface area (Å²) in [5.41, 5.74) is 2.26. The third-order valence-corrected chi connectivity index (χ3v) is 0.585. The van der Waals surface area contributed by atoms with E-state index in [9.17, 15) is 10.1 Å². The van der Waals surface area contributed by atoms with Crippen LogP contribution in [0.1, 0.15) is 0 Å². The molecule has 1 rings (SSSR count). The normalized spacial score (nSPS) is 17.2. The Morgan fingerprint density at radius 2 is 2.62 bits per heavy atom. The van der Waals surface area contributed by atoms with Crippen molar-refractivity contribution in [1.29, 1.82) is 0 Å². The zero-order valence-corrected chi connectivity index (χ0v) is 3.81. The lowest BCUT2D eigenvalue weighted by Crippen LogP contribution is -2.33. The molecule has 0 bridgehead atoms. The van der Waals surface area contributed by atoms with Crippen LogP contribution in [-0.2, 0) is 0 Å². The van der Waals surface area contributed by atoms with Gasteiger partial charge >= 0.3 is 0 Å². The lowest BCUT2D eigenvalue weighted by atomic mass is 11.2. The van der Waals surface area contributed by atoms with Gasteiger partial charge in [-0.15, -0.1) is 5.43 Å². The maximum Gasteiger partial charge on any atom is 0.191 e. The summed E-state index contributed by atoms with van der Waals surface area (Å²) in [6.45, 7) is 0.182. The fourth-order valence-corrected chi connectivity index (χ4v) is 0.308. The van der Waals surface area contributed by atoms with E-state index in [0.29, 0.717) is 5.23 Å². The van der Waals surface area contributed by atoms with Crippen LogP contribution in [0.4, 0.5) is 0 Å². The number of rotatable bonds is 1. The number of nitrogens with zero attached hydrogens (tertiary/aromatic N) is 4. The van der Waals surface area contributed by atoms with Crippen molar-refractivity contribution < 1.29 is 5.03 Å². The smallest absolute Gasteiger partial charge is 0.191 e. The second kappa shape index (κ2) is 1.70. The molecule has 0 aromatic heterocycles. The molecule has 0 spiro atoms. The highest BCUT2D eigenvalue weighted by Gasteiger charge is 2.16. The monoisotopic (exact) mass is 117 g/mol. The van der Waals surface area contributed by atoms with Crippen molar-refractivity contribution >= 4 is 0 Å². The maximum absolute atomic E-state index is 9.72. The van der Waals surface area contributed by atoms with Crippen LogP contribution in [0.5, 0.6) is 0 Å². The lowest BCUT2D eigenvalue weighted by molar-refractivity contribution is -0.669. The molecule has 0 aromatic carbocycles. The Morgan fingerprint density at radius 3 is 2.88 bits per heavy atom. The summed E-state index contributed by atoms with van der Waals surface area (Å²) in [7, 11) is 0. The topological polar surface area (TPSA) is 83.1 Å². The molecule has 0 aromatic rings. The van der Waals surface area contributed by atoms with Gasteiger partial charge in [0.15, 0.2) is 11.9 Å². The summed E-state index contributed by atoms with van der Waals surface area (Å²) in [6, 6.07) is 0. The largest absolute Gasteiger partial charge is 0.338 e. The molecule has 7 heteroatoms. The van der Waals surface area contributed by atoms with Gasteiger partial charge in [0.1, 0.15) is 5.23 Å². The number of hydrazine groups is 2. The van der Waals surface area contributed by atoms with E-state index in [-0.39, 0.29) is 6.67 Å². The zero-order chi connectivity index (χ0) is 5.98. The van der Waals surface area contributed by atoms with Gasteiger partial charge in [0.2, 0.25) is 0 Å².